The molecular weight excluding hydrogens is 454 g/mol. The van der Waals surface area contributed by atoms with Crippen LogP contribution in [0.3, 0.4) is 0 Å². The molecular formula is C21H20Cl2F3N3O2. The quantitative estimate of drug-likeness (QED) is 0.550. The van der Waals surface area contributed by atoms with Crippen LogP contribution in [-0.4, -0.2) is 36.1 Å². The van der Waals surface area contributed by atoms with Crippen LogP contribution in [-0.2, 0) is 9.59 Å². The molecule has 1 aromatic heterocycles. The third kappa shape index (κ3) is 5.68. The van der Waals surface area contributed by atoms with Crippen LogP contribution >= 0.6 is 23.2 Å². The Morgan fingerprint density at radius 3 is 2.45 bits per heavy atom. The van der Waals surface area contributed by atoms with Crippen molar-refractivity contribution in [3.05, 3.63) is 46.1 Å². The fourth-order valence-electron chi connectivity index (χ4n) is 3.52. The molecule has 166 valence electrons. The number of carbonyl (C=O) groups is 2. The van der Waals surface area contributed by atoms with Gasteiger partial charge in [-0.3, -0.25) is 14.5 Å². The number of aromatic nitrogens is 1. The van der Waals surface area contributed by atoms with Crippen molar-refractivity contribution >= 4 is 40.8 Å². The maximum atomic E-state index is 12.9. The van der Waals surface area contributed by atoms with E-state index in [1.54, 1.807) is 24.4 Å². The summed E-state index contributed by atoms with van der Waals surface area (Å²) in [6.07, 6.45) is -3.38. The predicted octanol–water partition coefficient (Wildman–Crippen LogP) is 5.35. The SMILES string of the molecule is CCC1C(=O)N(CC(=O)NCCCC(F)(F)F)c2ncc(-c3cc(Cl)cc(Cl)c3)cc21. The van der Waals surface area contributed by atoms with E-state index in [9.17, 15) is 22.8 Å². The lowest BCUT2D eigenvalue weighted by Crippen LogP contribution is -2.40. The Balaban J connectivity index is 1.77. The first-order valence-electron chi connectivity index (χ1n) is 9.70. The molecule has 1 N–H and O–H groups in total. The highest BCUT2D eigenvalue weighted by Crippen LogP contribution is 2.40. The number of pyridine rings is 1. The highest BCUT2D eigenvalue weighted by molar-refractivity contribution is 6.35. The number of fused-ring (bicyclic) bond motifs is 1. The van der Waals surface area contributed by atoms with Crippen molar-refractivity contribution in [2.24, 2.45) is 0 Å². The fourth-order valence-corrected chi connectivity index (χ4v) is 4.05. The van der Waals surface area contributed by atoms with E-state index in [1.807, 2.05) is 13.0 Å². The topological polar surface area (TPSA) is 62.3 Å². The number of nitrogens with zero attached hydrogens (tertiary/aromatic N) is 2. The van der Waals surface area contributed by atoms with Crippen molar-refractivity contribution in [3.63, 3.8) is 0 Å². The van der Waals surface area contributed by atoms with Crippen LogP contribution in [0.25, 0.3) is 11.1 Å². The van der Waals surface area contributed by atoms with Crippen LogP contribution in [0, 0.1) is 0 Å². The number of hydrogen-bond donors (Lipinski definition) is 1. The summed E-state index contributed by atoms with van der Waals surface area (Å²) in [6.45, 7) is 1.44. The third-order valence-electron chi connectivity index (χ3n) is 4.96. The van der Waals surface area contributed by atoms with E-state index in [4.69, 9.17) is 23.2 Å². The normalized spacial score (nSPS) is 15.9. The average molecular weight is 474 g/mol. The fraction of sp³-hybridized carbons (Fsp3) is 0.381. The predicted molar refractivity (Wildman–Crippen MR) is 113 cm³/mol. The Bertz CT molecular complexity index is 978. The summed E-state index contributed by atoms with van der Waals surface area (Å²) in [6, 6.07) is 6.92. The molecule has 1 aromatic carbocycles. The molecule has 3 rings (SSSR count). The molecule has 31 heavy (non-hydrogen) atoms. The molecule has 2 heterocycles. The van der Waals surface area contributed by atoms with Gasteiger partial charge in [0, 0.05) is 40.3 Å². The van der Waals surface area contributed by atoms with E-state index < -0.39 is 24.4 Å². The molecule has 0 spiro atoms. The first-order valence-corrected chi connectivity index (χ1v) is 10.5. The van der Waals surface area contributed by atoms with Crippen LogP contribution in [0.4, 0.5) is 19.0 Å². The zero-order chi connectivity index (χ0) is 22.8. The Hall–Kier alpha value is -2.32. The number of anilines is 1. The summed E-state index contributed by atoms with van der Waals surface area (Å²) in [7, 11) is 0. The molecule has 0 saturated heterocycles. The van der Waals surface area contributed by atoms with E-state index in [2.05, 4.69) is 10.3 Å². The second kappa shape index (κ2) is 9.44. The van der Waals surface area contributed by atoms with Crippen molar-refractivity contribution in [1.82, 2.24) is 10.3 Å². The second-order valence-electron chi connectivity index (χ2n) is 7.25. The molecule has 1 aliphatic rings. The monoisotopic (exact) mass is 473 g/mol. The summed E-state index contributed by atoms with van der Waals surface area (Å²) in [5.74, 6) is -0.892. The van der Waals surface area contributed by atoms with Gasteiger partial charge in [-0.15, -0.1) is 0 Å². The second-order valence-corrected chi connectivity index (χ2v) is 8.12. The van der Waals surface area contributed by atoms with Crippen LogP contribution in [0.2, 0.25) is 10.0 Å². The summed E-state index contributed by atoms with van der Waals surface area (Å²) in [4.78, 5) is 30.7. The lowest BCUT2D eigenvalue weighted by Gasteiger charge is -2.17. The molecule has 0 aliphatic carbocycles. The van der Waals surface area contributed by atoms with Gasteiger partial charge in [-0.25, -0.2) is 4.98 Å². The van der Waals surface area contributed by atoms with Gasteiger partial charge in [0.2, 0.25) is 11.8 Å². The van der Waals surface area contributed by atoms with Crippen molar-refractivity contribution in [3.8, 4) is 11.1 Å². The Kier molecular flexibility index (Phi) is 7.11. The standard InChI is InChI=1S/C21H20Cl2F3N3O2/c1-2-16-17-8-13(12-6-14(22)9-15(23)7-12)10-28-19(17)29(20(16)31)11-18(30)27-5-3-4-21(24,25)26/h6-10,16H,2-5,11H2,1H3,(H,27,30). The summed E-state index contributed by atoms with van der Waals surface area (Å²) < 4.78 is 36.7. The van der Waals surface area contributed by atoms with Crippen LogP contribution in [0.15, 0.2) is 30.5 Å². The third-order valence-corrected chi connectivity index (χ3v) is 5.39. The molecule has 2 aromatic rings. The molecule has 10 heteroatoms. The molecule has 1 unspecified atom stereocenters. The minimum Gasteiger partial charge on any atom is -0.355 e. The average Bonchev–Trinajstić information content (AvgIpc) is 2.94. The van der Waals surface area contributed by atoms with Gasteiger partial charge in [0.25, 0.3) is 0 Å². The van der Waals surface area contributed by atoms with Gasteiger partial charge in [0.15, 0.2) is 0 Å². The van der Waals surface area contributed by atoms with Gasteiger partial charge in [-0.2, -0.15) is 13.2 Å². The van der Waals surface area contributed by atoms with Gasteiger partial charge in [0.05, 0.1) is 5.92 Å². The number of benzene rings is 1. The maximum Gasteiger partial charge on any atom is 0.389 e. The van der Waals surface area contributed by atoms with Crippen molar-refractivity contribution < 1.29 is 22.8 Å². The smallest absolute Gasteiger partial charge is 0.355 e. The molecule has 0 saturated carbocycles. The highest BCUT2D eigenvalue weighted by atomic mass is 35.5. The minimum absolute atomic E-state index is 0.119. The van der Waals surface area contributed by atoms with Gasteiger partial charge < -0.3 is 5.32 Å². The number of nitrogens with one attached hydrogen (secondary N) is 1. The zero-order valence-electron chi connectivity index (χ0n) is 16.6. The highest BCUT2D eigenvalue weighted by Gasteiger charge is 2.38. The van der Waals surface area contributed by atoms with Crippen LogP contribution in [0.5, 0.6) is 0 Å². The molecule has 1 atom stereocenters. The zero-order valence-corrected chi connectivity index (χ0v) is 18.1. The number of rotatable bonds is 7. The number of carbonyl (C=O) groups excluding carboxylic acids is 2. The first kappa shape index (κ1) is 23.3. The van der Waals surface area contributed by atoms with E-state index in [1.165, 1.54) is 4.90 Å². The van der Waals surface area contributed by atoms with Gasteiger partial charge in [-0.1, -0.05) is 30.1 Å². The molecule has 1 aliphatic heterocycles. The minimum atomic E-state index is -4.27. The molecule has 2 amide bonds. The van der Waals surface area contributed by atoms with Gasteiger partial charge >= 0.3 is 6.18 Å². The first-order chi connectivity index (χ1) is 14.6. The van der Waals surface area contributed by atoms with E-state index in [0.29, 0.717) is 27.8 Å². The Morgan fingerprint density at radius 1 is 1.16 bits per heavy atom. The molecule has 0 fully saturated rings. The molecule has 5 nitrogen and oxygen atoms in total. The lowest BCUT2D eigenvalue weighted by atomic mass is 9.97. The molecule has 0 bridgehead atoms. The largest absolute Gasteiger partial charge is 0.389 e. The van der Waals surface area contributed by atoms with Crippen molar-refractivity contribution in [2.75, 3.05) is 18.0 Å². The van der Waals surface area contributed by atoms with E-state index in [0.717, 1.165) is 11.1 Å². The maximum absolute atomic E-state index is 12.9. The van der Waals surface area contributed by atoms with Crippen LogP contribution < -0.4 is 10.2 Å². The Morgan fingerprint density at radius 2 is 1.84 bits per heavy atom. The van der Waals surface area contributed by atoms with Gasteiger partial charge in [-0.05, 0) is 42.7 Å². The number of hydrogen-bond acceptors (Lipinski definition) is 3. The summed E-state index contributed by atoms with van der Waals surface area (Å²) >= 11 is 12.2. The number of alkyl halides is 3. The van der Waals surface area contributed by atoms with E-state index >= 15 is 0 Å². The van der Waals surface area contributed by atoms with Gasteiger partial charge in [0.1, 0.15) is 12.4 Å². The lowest BCUT2D eigenvalue weighted by molar-refractivity contribution is -0.136. The van der Waals surface area contributed by atoms with Crippen LogP contribution in [0.1, 0.15) is 37.7 Å². The Labute approximate surface area is 187 Å². The number of amides is 2. The van der Waals surface area contributed by atoms with E-state index in [-0.39, 0.29) is 25.4 Å². The number of halogens is 5. The summed E-state index contributed by atoms with van der Waals surface area (Å²) in [5, 5.41) is 3.36. The summed E-state index contributed by atoms with van der Waals surface area (Å²) in [5.41, 5.74) is 2.16. The molecule has 0 radical (unpaired) electrons. The van der Waals surface area contributed by atoms with Crippen molar-refractivity contribution in [2.45, 2.75) is 38.3 Å². The van der Waals surface area contributed by atoms with Crippen molar-refractivity contribution in [1.29, 1.82) is 0 Å².